The number of hydrogen-bond donors (Lipinski definition) is 3. The monoisotopic (exact) mass is 156 g/mol. The molecule has 0 spiro atoms. The Morgan fingerprint density at radius 3 is 1.00 bits per heavy atom. The molecule has 0 saturated heterocycles. The van der Waals surface area contributed by atoms with Crippen LogP contribution in [0.4, 0.5) is 0 Å². The average Bonchev–Trinajstić information content (AvgIpc) is 1.23. The molecule has 0 fully saturated rings. The molecule has 0 aliphatic heterocycles. The van der Waals surface area contributed by atoms with Gasteiger partial charge in [0.05, 0.1) is 0 Å². The van der Waals surface area contributed by atoms with Gasteiger partial charge in [0.1, 0.15) is 0 Å². The van der Waals surface area contributed by atoms with Gasteiger partial charge in [-0.2, -0.15) is 0 Å². The average molecular weight is 156 g/mol. The van der Waals surface area contributed by atoms with Crippen molar-refractivity contribution in [2.75, 3.05) is 13.3 Å². The second kappa shape index (κ2) is 3.47. The van der Waals surface area contributed by atoms with Crippen molar-refractivity contribution in [2.24, 2.45) is 0 Å². The Hall–Kier alpha value is 0.310. The van der Waals surface area contributed by atoms with Gasteiger partial charge in [-0.1, -0.05) is 20.3 Å². The van der Waals surface area contributed by atoms with E-state index in [1.54, 1.807) is 0 Å². The molecule has 0 atom stereocenters. The second-order valence-electron chi connectivity index (χ2n) is 2.62. The maximum atomic E-state index is 8.23. The van der Waals surface area contributed by atoms with Crippen molar-refractivity contribution in [3.05, 3.63) is 0 Å². The third-order valence-electron chi connectivity index (χ3n) is 0. The van der Waals surface area contributed by atoms with Gasteiger partial charge in [0.25, 0.3) is 0 Å². The van der Waals surface area contributed by atoms with Crippen molar-refractivity contribution >= 4 is 7.28 Å². The number of rotatable bonds is 0. The first-order valence-electron chi connectivity index (χ1n) is 2.91. The molecule has 4 heteroatoms. The van der Waals surface area contributed by atoms with Crippen LogP contribution in [-0.4, -0.2) is 28.0 Å². The predicted molar refractivity (Wildman–Crippen MR) is 41.4 cm³/mol. The fourth-order valence-electron chi connectivity index (χ4n) is 0. The Balaban J connectivity index is 0. The molecule has 0 rings (SSSR count). The summed E-state index contributed by atoms with van der Waals surface area (Å²) < 4.78 is 0. The van der Waals surface area contributed by atoms with Crippen LogP contribution in [0.3, 0.4) is 0 Å². The Morgan fingerprint density at radius 2 is 1.00 bits per heavy atom. The fraction of sp³-hybridized carbons (Fsp3) is 1.00. The zero-order chi connectivity index (χ0) is 8.15. The van der Waals surface area contributed by atoms with E-state index in [1.807, 2.05) is 0 Å². The summed E-state index contributed by atoms with van der Waals surface area (Å²) in [5, 5.41) is 0. The van der Waals surface area contributed by atoms with Gasteiger partial charge in [-0.15, -0.1) is 0 Å². The van der Waals surface area contributed by atoms with Crippen LogP contribution in [0.5, 0.6) is 0 Å². The molecule has 0 radical (unpaired) electrons. The summed E-state index contributed by atoms with van der Waals surface area (Å²) >= 11 is 0. The van der Waals surface area contributed by atoms with Crippen LogP contribution in [0.2, 0.25) is 0 Å². The molecule has 0 bridgehead atoms. The standard InChI is InChI=1S/C3H8.C2H9O3P/c1-3-2;1-6(2,3,4)5/h3H2,1-2H3;3-5H,1-2H3. The molecule has 3 N–H and O–H groups in total. The summed E-state index contributed by atoms with van der Waals surface area (Å²) in [5.41, 5.74) is 0. The van der Waals surface area contributed by atoms with Gasteiger partial charge in [0.2, 0.25) is 0 Å². The van der Waals surface area contributed by atoms with Crippen molar-refractivity contribution < 1.29 is 14.7 Å². The van der Waals surface area contributed by atoms with Gasteiger partial charge < -0.3 is 0 Å². The summed E-state index contributed by atoms with van der Waals surface area (Å²) in [5.74, 6) is 0. The van der Waals surface area contributed by atoms with E-state index in [1.165, 1.54) is 6.42 Å². The summed E-state index contributed by atoms with van der Waals surface area (Å²) in [6.45, 7) is 6.26. The Morgan fingerprint density at radius 1 is 1.00 bits per heavy atom. The zero-order valence-corrected chi connectivity index (χ0v) is 7.39. The molecule has 60 valence electrons. The van der Waals surface area contributed by atoms with E-state index in [0.717, 1.165) is 13.3 Å². The molecule has 0 heterocycles. The quantitative estimate of drug-likeness (QED) is 0.457. The minimum atomic E-state index is -4.05. The van der Waals surface area contributed by atoms with Gasteiger partial charge in [0.15, 0.2) is 0 Å². The molecule has 9 heavy (non-hydrogen) atoms. The Labute approximate surface area is 56.5 Å². The van der Waals surface area contributed by atoms with Crippen LogP contribution in [0.1, 0.15) is 20.3 Å². The third-order valence-corrected chi connectivity index (χ3v) is 0. The van der Waals surface area contributed by atoms with E-state index in [2.05, 4.69) is 13.8 Å². The molecule has 0 amide bonds. The predicted octanol–water partition coefficient (Wildman–Crippen LogP) is 0.938. The van der Waals surface area contributed by atoms with Crippen LogP contribution < -0.4 is 0 Å². The van der Waals surface area contributed by atoms with E-state index >= 15 is 0 Å². The summed E-state index contributed by atoms with van der Waals surface area (Å²) in [6, 6.07) is 0. The van der Waals surface area contributed by atoms with E-state index < -0.39 is 7.28 Å². The molecule has 0 aliphatic carbocycles. The third kappa shape index (κ3) is 3440. The SMILES string of the molecule is CCC.CP(C)(O)(O)O. The zero-order valence-electron chi connectivity index (χ0n) is 6.50. The normalized spacial score (nSPS) is 14.8. The molecule has 0 aliphatic rings. The van der Waals surface area contributed by atoms with E-state index in [-0.39, 0.29) is 0 Å². The Kier molecular flexibility index (Phi) is 4.64. The van der Waals surface area contributed by atoms with Crippen molar-refractivity contribution in [3.8, 4) is 0 Å². The van der Waals surface area contributed by atoms with E-state index in [4.69, 9.17) is 14.7 Å². The molecule has 0 aromatic heterocycles. The van der Waals surface area contributed by atoms with Crippen LogP contribution >= 0.6 is 7.28 Å². The fourth-order valence-corrected chi connectivity index (χ4v) is 0. The number of hydrogen-bond acceptors (Lipinski definition) is 3. The minimum absolute atomic E-state index is 1.01. The van der Waals surface area contributed by atoms with Gasteiger partial charge in [-0.3, -0.25) is 0 Å². The molecule has 0 unspecified atom stereocenters. The van der Waals surface area contributed by atoms with Crippen LogP contribution in [0.25, 0.3) is 0 Å². The van der Waals surface area contributed by atoms with Gasteiger partial charge in [0, 0.05) is 0 Å². The van der Waals surface area contributed by atoms with Gasteiger partial charge in [-0.25, -0.2) is 0 Å². The van der Waals surface area contributed by atoms with Gasteiger partial charge in [-0.05, 0) is 0 Å². The molecular formula is C5H17O3P. The van der Waals surface area contributed by atoms with Crippen LogP contribution in [0, 0.1) is 0 Å². The van der Waals surface area contributed by atoms with E-state index in [0.29, 0.717) is 0 Å². The topological polar surface area (TPSA) is 60.7 Å². The van der Waals surface area contributed by atoms with Crippen molar-refractivity contribution in [1.29, 1.82) is 0 Å². The van der Waals surface area contributed by atoms with Crippen molar-refractivity contribution in [1.82, 2.24) is 0 Å². The summed E-state index contributed by atoms with van der Waals surface area (Å²) in [6.07, 6.45) is 1.25. The first kappa shape index (κ1) is 12.0. The molecule has 0 saturated carbocycles. The van der Waals surface area contributed by atoms with Crippen LogP contribution in [0.15, 0.2) is 0 Å². The second-order valence-corrected chi connectivity index (χ2v) is 6.45. The Bertz CT molecular complexity index is 55.1. The summed E-state index contributed by atoms with van der Waals surface area (Å²) in [4.78, 5) is 24.7. The first-order valence-corrected chi connectivity index (χ1v) is 5.90. The molecule has 0 aromatic carbocycles. The molecule has 0 aromatic rings. The van der Waals surface area contributed by atoms with E-state index in [9.17, 15) is 0 Å². The maximum absolute atomic E-state index is 8.23. The molecule has 3 nitrogen and oxygen atoms in total. The van der Waals surface area contributed by atoms with Crippen LogP contribution in [-0.2, 0) is 0 Å². The van der Waals surface area contributed by atoms with Crippen molar-refractivity contribution in [2.45, 2.75) is 20.3 Å². The molecular weight excluding hydrogens is 139 g/mol. The first-order chi connectivity index (χ1) is 3.65. The van der Waals surface area contributed by atoms with Gasteiger partial charge >= 0.3 is 35.3 Å². The summed E-state index contributed by atoms with van der Waals surface area (Å²) in [7, 11) is -4.05. The van der Waals surface area contributed by atoms with Crippen molar-refractivity contribution in [3.63, 3.8) is 0 Å².